The van der Waals surface area contributed by atoms with Crippen molar-refractivity contribution in [2.24, 2.45) is 0 Å². The summed E-state index contributed by atoms with van der Waals surface area (Å²) >= 11 is 0. The van der Waals surface area contributed by atoms with Gasteiger partial charge in [0.1, 0.15) is 5.82 Å². The largest absolute Gasteiger partial charge is 0.432 e. The molecule has 2 N–H and O–H groups in total. The molecule has 0 aliphatic heterocycles. The van der Waals surface area contributed by atoms with E-state index in [1.165, 1.54) is 6.07 Å². The summed E-state index contributed by atoms with van der Waals surface area (Å²) in [5.74, 6) is -0.535. The van der Waals surface area contributed by atoms with Crippen molar-refractivity contribution in [3.05, 3.63) is 41.7 Å². The molecule has 0 amide bonds. The number of benzene rings is 1. The van der Waals surface area contributed by atoms with Gasteiger partial charge in [0.15, 0.2) is 11.6 Å². The smallest absolute Gasteiger partial charge is 0.387 e. The van der Waals surface area contributed by atoms with Crippen molar-refractivity contribution >= 4 is 5.69 Å². The van der Waals surface area contributed by atoms with Crippen molar-refractivity contribution < 1.29 is 17.9 Å². The van der Waals surface area contributed by atoms with E-state index in [2.05, 4.69) is 20.0 Å². The van der Waals surface area contributed by atoms with Crippen LogP contribution in [0.25, 0.3) is 0 Å². The molecular formula is C12H12F3N3O. The Morgan fingerprint density at radius 3 is 2.79 bits per heavy atom. The molecule has 1 heterocycles. The number of hydrogen-bond donors (Lipinski definition) is 2. The monoisotopic (exact) mass is 271 g/mol. The minimum atomic E-state index is -3.04. The molecule has 0 atom stereocenters. The first kappa shape index (κ1) is 13.3. The third-order valence-electron chi connectivity index (χ3n) is 2.39. The predicted molar refractivity (Wildman–Crippen MR) is 63.7 cm³/mol. The molecule has 0 spiro atoms. The van der Waals surface area contributed by atoms with Crippen molar-refractivity contribution in [3.63, 3.8) is 0 Å². The van der Waals surface area contributed by atoms with Crippen LogP contribution in [0.3, 0.4) is 0 Å². The van der Waals surface area contributed by atoms with Crippen LogP contribution in [0.4, 0.5) is 18.9 Å². The topological polar surface area (TPSA) is 49.9 Å². The Morgan fingerprint density at radius 1 is 1.42 bits per heavy atom. The van der Waals surface area contributed by atoms with Crippen molar-refractivity contribution in [1.29, 1.82) is 0 Å². The van der Waals surface area contributed by atoms with Crippen molar-refractivity contribution in [2.45, 2.75) is 20.1 Å². The summed E-state index contributed by atoms with van der Waals surface area (Å²) in [6.07, 6.45) is 1.66. The normalized spacial score (nSPS) is 10.8. The van der Waals surface area contributed by atoms with E-state index < -0.39 is 18.2 Å². The fourth-order valence-electron chi connectivity index (χ4n) is 1.56. The lowest BCUT2D eigenvalue weighted by molar-refractivity contribution is -0.0521. The number of aromatic amines is 1. The number of hydrogen-bond acceptors (Lipinski definition) is 3. The van der Waals surface area contributed by atoms with Gasteiger partial charge >= 0.3 is 6.61 Å². The molecule has 4 nitrogen and oxygen atoms in total. The molecular weight excluding hydrogens is 259 g/mol. The van der Waals surface area contributed by atoms with Crippen molar-refractivity contribution in [3.8, 4) is 5.75 Å². The average Bonchev–Trinajstić information content (AvgIpc) is 2.75. The van der Waals surface area contributed by atoms with Gasteiger partial charge in [0.05, 0.1) is 18.4 Å². The highest BCUT2D eigenvalue weighted by molar-refractivity contribution is 5.47. The zero-order valence-corrected chi connectivity index (χ0v) is 10.1. The van der Waals surface area contributed by atoms with E-state index in [9.17, 15) is 13.2 Å². The van der Waals surface area contributed by atoms with E-state index in [0.29, 0.717) is 12.2 Å². The maximum atomic E-state index is 13.4. The number of halogens is 3. The number of nitrogens with zero attached hydrogens (tertiary/aromatic N) is 1. The molecule has 0 aliphatic carbocycles. The molecule has 0 saturated carbocycles. The first-order valence-corrected chi connectivity index (χ1v) is 5.53. The Bertz CT molecular complexity index is 557. The number of ether oxygens (including phenoxy) is 1. The van der Waals surface area contributed by atoms with E-state index in [4.69, 9.17) is 0 Å². The zero-order valence-electron chi connectivity index (χ0n) is 10.1. The van der Waals surface area contributed by atoms with Gasteiger partial charge in [0.2, 0.25) is 0 Å². The molecule has 2 aromatic rings. The number of alkyl halides is 2. The Balaban J connectivity index is 1.99. The van der Waals surface area contributed by atoms with Crippen LogP contribution < -0.4 is 10.1 Å². The van der Waals surface area contributed by atoms with E-state index in [1.807, 2.05) is 6.92 Å². The van der Waals surface area contributed by atoms with Gasteiger partial charge in [-0.2, -0.15) is 8.78 Å². The summed E-state index contributed by atoms with van der Waals surface area (Å²) < 4.78 is 41.4. The van der Waals surface area contributed by atoms with Gasteiger partial charge < -0.3 is 15.0 Å². The number of anilines is 1. The second kappa shape index (κ2) is 5.64. The highest BCUT2D eigenvalue weighted by atomic mass is 19.3. The molecule has 2 rings (SSSR count). The van der Waals surface area contributed by atoms with Crippen LogP contribution in [-0.2, 0) is 6.54 Å². The fraction of sp³-hybridized carbons (Fsp3) is 0.250. The predicted octanol–water partition coefficient (Wildman–Crippen LogP) is 3.07. The van der Waals surface area contributed by atoms with Gasteiger partial charge in [-0.25, -0.2) is 9.37 Å². The lowest BCUT2D eigenvalue weighted by Crippen LogP contribution is -2.05. The second-order valence-electron chi connectivity index (χ2n) is 3.87. The van der Waals surface area contributed by atoms with Gasteiger partial charge in [-0.05, 0) is 19.1 Å². The molecule has 0 unspecified atom stereocenters. The summed E-state index contributed by atoms with van der Waals surface area (Å²) in [6, 6.07) is 3.72. The van der Waals surface area contributed by atoms with Crippen LogP contribution >= 0.6 is 0 Å². The Kier molecular flexibility index (Phi) is 3.94. The minimum absolute atomic E-state index is 0.426. The van der Waals surface area contributed by atoms with Crippen LogP contribution in [0.5, 0.6) is 5.75 Å². The molecule has 7 heteroatoms. The third kappa shape index (κ3) is 3.64. The summed E-state index contributed by atoms with van der Waals surface area (Å²) in [6.45, 7) is -0.795. The van der Waals surface area contributed by atoms with Crippen molar-refractivity contribution in [1.82, 2.24) is 9.97 Å². The molecule has 1 aromatic carbocycles. The number of rotatable bonds is 5. The molecule has 0 fully saturated rings. The molecule has 1 aromatic heterocycles. The minimum Gasteiger partial charge on any atom is -0.432 e. The first-order chi connectivity index (χ1) is 9.04. The summed E-state index contributed by atoms with van der Waals surface area (Å²) in [5, 5.41) is 2.94. The molecule has 0 aliphatic rings. The van der Waals surface area contributed by atoms with E-state index in [-0.39, 0.29) is 0 Å². The Morgan fingerprint density at radius 2 is 2.21 bits per heavy atom. The van der Waals surface area contributed by atoms with Gasteiger partial charge in [-0.15, -0.1) is 0 Å². The summed E-state index contributed by atoms with van der Waals surface area (Å²) in [5.41, 5.74) is 1.30. The van der Waals surface area contributed by atoms with Crippen LogP contribution in [0.2, 0.25) is 0 Å². The number of imidazole rings is 1. The maximum absolute atomic E-state index is 13.4. The Hall–Kier alpha value is -2.18. The zero-order chi connectivity index (χ0) is 13.8. The SMILES string of the molecule is Cc1ncc(CNc2ccc(OC(F)F)c(F)c2)[nH]1. The molecule has 19 heavy (non-hydrogen) atoms. The van der Waals surface area contributed by atoms with Gasteiger partial charge in [-0.1, -0.05) is 0 Å². The highest BCUT2D eigenvalue weighted by Gasteiger charge is 2.10. The van der Waals surface area contributed by atoms with Crippen LogP contribution in [0.1, 0.15) is 11.5 Å². The molecule has 0 bridgehead atoms. The summed E-state index contributed by atoms with van der Waals surface area (Å²) in [7, 11) is 0. The van der Waals surface area contributed by atoms with Gasteiger partial charge in [0, 0.05) is 11.8 Å². The van der Waals surface area contributed by atoms with Gasteiger partial charge in [-0.3, -0.25) is 0 Å². The maximum Gasteiger partial charge on any atom is 0.387 e. The van der Waals surface area contributed by atoms with E-state index >= 15 is 0 Å². The quantitative estimate of drug-likeness (QED) is 0.878. The molecule has 0 radical (unpaired) electrons. The van der Waals surface area contributed by atoms with E-state index in [0.717, 1.165) is 23.7 Å². The third-order valence-corrected chi connectivity index (χ3v) is 2.39. The highest BCUT2D eigenvalue weighted by Crippen LogP contribution is 2.23. The second-order valence-corrected chi connectivity index (χ2v) is 3.87. The number of aromatic nitrogens is 2. The first-order valence-electron chi connectivity index (χ1n) is 5.53. The van der Waals surface area contributed by atoms with Crippen LogP contribution in [0, 0.1) is 12.7 Å². The summed E-state index contributed by atoms with van der Waals surface area (Å²) in [4.78, 5) is 7.03. The molecule has 102 valence electrons. The average molecular weight is 271 g/mol. The fourth-order valence-corrected chi connectivity index (χ4v) is 1.56. The lowest BCUT2D eigenvalue weighted by atomic mass is 10.3. The van der Waals surface area contributed by atoms with Crippen LogP contribution in [-0.4, -0.2) is 16.6 Å². The van der Waals surface area contributed by atoms with Crippen LogP contribution in [0.15, 0.2) is 24.4 Å². The number of nitrogens with one attached hydrogen (secondary N) is 2. The number of H-pyrrole nitrogens is 1. The Labute approximate surface area is 107 Å². The van der Waals surface area contributed by atoms with E-state index in [1.54, 1.807) is 6.20 Å². The van der Waals surface area contributed by atoms with Crippen molar-refractivity contribution in [2.75, 3.05) is 5.32 Å². The van der Waals surface area contributed by atoms with Gasteiger partial charge in [0.25, 0.3) is 0 Å². The number of aryl methyl sites for hydroxylation is 1. The molecule has 0 saturated heterocycles. The lowest BCUT2D eigenvalue weighted by Gasteiger charge is -2.08. The standard InChI is InChI=1S/C12H12F3N3O/c1-7-16-5-9(18-7)6-17-8-2-3-11(10(13)4-8)19-12(14)15/h2-5,12,17H,6H2,1H3,(H,16,18).